The van der Waals surface area contributed by atoms with Crippen LogP contribution >= 0.6 is 0 Å². The van der Waals surface area contributed by atoms with E-state index < -0.39 is 12.1 Å². The first kappa shape index (κ1) is 22.8. The van der Waals surface area contributed by atoms with Gasteiger partial charge in [-0.15, -0.1) is 0 Å². The van der Waals surface area contributed by atoms with Crippen LogP contribution < -0.4 is 22.1 Å². The van der Waals surface area contributed by atoms with Crippen molar-refractivity contribution < 1.29 is 9.59 Å². The molecule has 29 heavy (non-hydrogen) atoms. The number of fused-ring (bicyclic) bond motifs is 1. The van der Waals surface area contributed by atoms with Crippen molar-refractivity contribution in [3.05, 3.63) is 42.5 Å². The standard InChI is InChI=1S/C23H34N4O2/c1-16(2)7-5-11-21(27-22(28)20(25)10-6-14-24)23(29)26-19-13-12-17-8-3-4-9-18(17)15-19/h3-4,8-9,12-13,15-16,20-21H,5-7,10-11,14,24-25H2,1-2H3,(H,26,29)(H,27,28)/t20-,21+/m1/s1. The van der Waals surface area contributed by atoms with E-state index in [1.165, 1.54) is 0 Å². The highest BCUT2D eigenvalue weighted by molar-refractivity contribution is 5.99. The van der Waals surface area contributed by atoms with Gasteiger partial charge in [-0.2, -0.15) is 0 Å². The van der Waals surface area contributed by atoms with Crippen LogP contribution in [0.4, 0.5) is 5.69 Å². The van der Waals surface area contributed by atoms with Crippen LogP contribution in [0.5, 0.6) is 0 Å². The molecule has 2 rings (SSSR count). The summed E-state index contributed by atoms with van der Waals surface area (Å²) < 4.78 is 0. The van der Waals surface area contributed by atoms with Crippen molar-refractivity contribution >= 4 is 28.3 Å². The Morgan fingerprint density at radius 1 is 0.931 bits per heavy atom. The Kier molecular flexibility index (Phi) is 9.09. The molecule has 2 amide bonds. The zero-order valence-corrected chi connectivity index (χ0v) is 17.5. The lowest BCUT2D eigenvalue weighted by Gasteiger charge is -2.21. The maximum Gasteiger partial charge on any atom is 0.246 e. The molecule has 0 bridgehead atoms. The summed E-state index contributed by atoms with van der Waals surface area (Å²) in [4.78, 5) is 25.3. The van der Waals surface area contributed by atoms with Crippen molar-refractivity contribution in [2.75, 3.05) is 11.9 Å². The molecule has 6 heteroatoms. The van der Waals surface area contributed by atoms with E-state index >= 15 is 0 Å². The number of benzene rings is 2. The van der Waals surface area contributed by atoms with Crippen molar-refractivity contribution in [1.82, 2.24) is 5.32 Å². The summed E-state index contributed by atoms with van der Waals surface area (Å²) in [5.41, 5.74) is 12.2. The van der Waals surface area contributed by atoms with Gasteiger partial charge >= 0.3 is 0 Å². The lowest BCUT2D eigenvalue weighted by Crippen LogP contribution is -2.50. The molecule has 0 aromatic heterocycles. The zero-order valence-electron chi connectivity index (χ0n) is 17.5. The fourth-order valence-electron chi connectivity index (χ4n) is 3.24. The number of nitrogens with two attached hydrogens (primary N) is 2. The molecule has 6 nitrogen and oxygen atoms in total. The predicted octanol–water partition coefficient (Wildman–Crippen LogP) is 3.16. The van der Waals surface area contributed by atoms with Gasteiger partial charge in [-0.1, -0.05) is 57.0 Å². The molecule has 2 atom stereocenters. The van der Waals surface area contributed by atoms with Crippen molar-refractivity contribution in [2.45, 2.75) is 58.0 Å². The fraction of sp³-hybridized carbons (Fsp3) is 0.478. The van der Waals surface area contributed by atoms with Gasteiger partial charge in [0.05, 0.1) is 6.04 Å². The molecule has 0 spiro atoms. The van der Waals surface area contributed by atoms with Crippen LogP contribution in [0, 0.1) is 5.92 Å². The Hall–Kier alpha value is -2.44. The lowest BCUT2D eigenvalue weighted by atomic mass is 10.0. The van der Waals surface area contributed by atoms with Crippen LogP contribution in [0.1, 0.15) is 46.0 Å². The number of rotatable bonds is 11. The molecular weight excluding hydrogens is 364 g/mol. The minimum atomic E-state index is -0.653. The molecule has 0 aliphatic rings. The molecule has 158 valence electrons. The molecule has 0 saturated heterocycles. The van der Waals surface area contributed by atoms with Gasteiger partial charge in [-0.05, 0) is 54.6 Å². The number of hydrogen-bond donors (Lipinski definition) is 4. The maximum absolute atomic E-state index is 12.9. The number of carbonyl (C=O) groups is 2. The summed E-state index contributed by atoms with van der Waals surface area (Å²) in [5, 5.41) is 7.94. The number of amides is 2. The van der Waals surface area contributed by atoms with E-state index in [9.17, 15) is 9.59 Å². The summed E-state index contributed by atoms with van der Waals surface area (Å²) in [6.07, 6.45) is 3.61. The first-order chi connectivity index (χ1) is 13.9. The highest BCUT2D eigenvalue weighted by atomic mass is 16.2. The average Bonchev–Trinajstić information content (AvgIpc) is 2.70. The third kappa shape index (κ3) is 7.48. The van der Waals surface area contributed by atoms with Gasteiger partial charge < -0.3 is 22.1 Å². The van der Waals surface area contributed by atoms with Crippen molar-refractivity contribution in [3.8, 4) is 0 Å². The monoisotopic (exact) mass is 398 g/mol. The molecule has 0 unspecified atom stereocenters. The second kappa shape index (κ2) is 11.5. The van der Waals surface area contributed by atoms with Gasteiger partial charge in [0.15, 0.2) is 0 Å². The van der Waals surface area contributed by atoms with Crippen LogP contribution in [0.15, 0.2) is 42.5 Å². The highest BCUT2D eigenvalue weighted by Gasteiger charge is 2.23. The number of carbonyl (C=O) groups excluding carboxylic acids is 2. The molecule has 0 aliphatic heterocycles. The Morgan fingerprint density at radius 3 is 2.34 bits per heavy atom. The SMILES string of the molecule is CC(C)CCC[C@H](NC(=O)[C@H](N)CCCN)C(=O)Nc1ccc2ccccc2c1. The highest BCUT2D eigenvalue weighted by Crippen LogP contribution is 2.19. The average molecular weight is 399 g/mol. The minimum absolute atomic E-state index is 0.219. The van der Waals surface area contributed by atoms with E-state index in [0.29, 0.717) is 37.4 Å². The van der Waals surface area contributed by atoms with Gasteiger partial charge in [0.25, 0.3) is 0 Å². The second-order valence-electron chi connectivity index (χ2n) is 7.97. The smallest absolute Gasteiger partial charge is 0.246 e. The molecular formula is C23H34N4O2. The van der Waals surface area contributed by atoms with E-state index in [1.54, 1.807) is 0 Å². The Labute approximate surface area is 173 Å². The first-order valence-corrected chi connectivity index (χ1v) is 10.5. The third-order valence-corrected chi connectivity index (χ3v) is 4.98. The predicted molar refractivity (Wildman–Crippen MR) is 119 cm³/mol. The van der Waals surface area contributed by atoms with Crippen LogP contribution in [-0.4, -0.2) is 30.4 Å². The maximum atomic E-state index is 12.9. The molecule has 0 saturated carbocycles. The summed E-state index contributed by atoms with van der Waals surface area (Å²) in [7, 11) is 0. The zero-order chi connectivity index (χ0) is 21.2. The Bertz CT molecular complexity index is 806. The molecule has 0 heterocycles. The van der Waals surface area contributed by atoms with Crippen LogP contribution in [-0.2, 0) is 9.59 Å². The first-order valence-electron chi connectivity index (χ1n) is 10.5. The summed E-state index contributed by atoms with van der Waals surface area (Å²) in [5.74, 6) is 0.0202. The molecule has 2 aromatic rings. The summed E-state index contributed by atoms with van der Waals surface area (Å²) in [6.45, 7) is 4.78. The summed E-state index contributed by atoms with van der Waals surface area (Å²) in [6, 6.07) is 12.5. The van der Waals surface area contributed by atoms with Crippen LogP contribution in [0.2, 0.25) is 0 Å². The fourth-order valence-corrected chi connectivity index (χ4v) is 3.24. The topological polar surface area (TPSA) is 110 Å². The molecule has 2 aromatic carbocycles. The molecule has 0 fully saturated rings. The van der Waals surface area contributed by atoms with E-state index in [-0.39, 0.29) is 11.8 Å². The van der Waals surface area contributed by atoms with E-state index in [0.717, 1.165) is 23.6 Å². The number of nitrogens with one attached hydrogen (secondary N) is 2. The second-order valence-corrected chi connectivity index (χ2v) is 7.97. The lowest BCUT2D eigenvalue weighted by molar-refractivity contribution is -0.127. The largest absolute Gasteiger partial charge is 0.343 e. The third-order valence-electron chi connectivity index (χ3n) is 4.98. The normalized spacial score (nSPS) is 13.3. The van der Waals surface area contributed by atoms with Crippen LogP contribution in [0.25, 0.3) is 10.8 Å². The van der Waals surface area contributed by atoms with Gasteiger partial charge in [-0.3, -0.25) is 9.59 Å². The van der Waals surface area contributed by atoms with E-state index in [1.807, 2.05) is 42.5 Å². The van der Waals surface area contributed by atoms with Gasteiger partial charge in [-0.25, -0.2) is 0 Å². The van der Waals surface area contributed by atoms with E-state index in [2.05, 4.69) is 24.5 Å². The quantitative estimate of drug-likeness (QED) is 0.466. The molecule has 0 aliphatic carbocycles. The van der Waals surface area contributed by atoms with Crippen molar-refractivity contribution in [2.24, 2.45) is 17.4 Å². The van der Waals surface area contributed by atoms with Gasteiger partial charge in [0.2, 0.25) is 11.8 Å². The minimum Gasteiger partial charge on any atom is -0.343 e. The van der Waals surface area contributed by atoms with Crippen molar-refractivity contribution in [1.29, 1.82) is 0 Å². The number of hydrogen-bond acceptors (Lipinski definition) is 4. The van der Waals surface area contributed by atoms with Crippen molar-refractivity contribution in [3.63, 3.8) is 0 Å². The number of anilines is 1. The molecule has 6 N–H and O–H groups in total. The Morgan fingerprint density at radius 2 is 1.66 bits per heavy atom. The summed E-state index contributed by atoms with van der Waals surface area (Å²) >= 11 is 0. The van der Waals surface area contributed by atoms with Gasteiger partial charge in [0, 0.05) is 5.69 Å². The van der Waals surface area contributed by atoms with Gasteiger partial charge in [0.1, 0.15) is 6.04 Å². The Balaban J connectivity index is 2.06. The van der Waals surface area contributed by atoms with E-state index in [4.69, 9.17) is 11.5 Å². The molecule has 0 radical (unpaired) electrons. The van der Waals surface area contributed by atoms with Crippen LogP contribution in [0.3, 0.4) is 0 Å².